The number of nitrogens with one attached hydrogen (secondary N) is 1. The molecule has 1 nitrogen and oxygen atoms in total. The largest absolute Gasteiger partial charge is 0.314 e. The third-order valence-electron chi connectivity index (χ3n) is 3.15. The van der Waals surface area contributed by atoms with Crippen LogP contribution in [-0.4, -0.2) is 12.6 Å². The first-order valence-electron chi connectivity index (χ1n) is 6.55. The summed E-state index contributed by atoms with van der Waals surface area (Å²) in [6.45, 7) is 7.89. The van der Waals surface area contributed by atoms with Crippen LogP contribution in [0.15, 0.2) is 30.3 Å². The molecule has 0 amide bonds. The van der Waals surface area contributed by atoms with E-state index < -0.39 is 0 Å². The van der Waals surface area contributed by atoms with E-state index in [0.29, 0.717) is 12.0 Å². The maximum Gasteiger partial charge on any atom is 0.00956 e. The first kappa shape index (κ1) is 13.2. The monoisotopic (exact) mass is 219 g/mol. The molecular weight excluding hydrogens is 194 g/mol. The normalized spacial score (nSPS) is 14.7. The van der Waals surface area contributed by atoms with Crippen LogP contribution < -0.4 is 5.32 Å². The highest BCUT2D eigenvalue weighted by molar-refractivity contribution is 5.15. The highest BCUT2D eigenvalue weighted by atomic mass is 14.9. The molecule has 1 N–H and O–H groups in total. The lowest BCUT2D eigenvalue weighted by Gasteiger charge is -2.24. The Hall–Kier alpha value is -0.820. The minimum absolute atomic E-state index is 0.662. The molecule has 0 bridgehead atoms. The zero-order valence-corrected chi connectivity index (χ0v) is 10.9. The van der Waals surface area contributed by atoms with Gasteiger partial charge in [0.05, 0.1) is 0 Å². The van der Waals surface area contributed by atoms with E-state index >= 15 is 0 Å². The summed E-state index contributed by atoms with van der Waals surface area (Å²) in [5, 5.41) is 3.60. The smallest absolute Gasteiger partial charge is 0.00956 e. The average molecular weight is 219 g/mol. The molecule has 0 aliphatic heterocycles. The van der Waals surface area contributed by atoms with Crippen LogP contribution in [0.3, 0.4) is 0 Å². The fourth-order valence-corrected chi connectivity index (χ4v) is 2.29. The molecule has 0 fully saturated rings. The lowest BCUT2D eigenvalue weighted by molar-refractivity contribution is 0.358. The second-order valence-corrected chi connectivity index (χ2v) is 4.62. The van der Waals surface area contributed by atoms with E-state index in [1.165, 1.54) is 24.8 Å². The van der Waals surface area contributed by atoms with Crippen LogP contribution in [0.5, 0.6) is 0 Å². The van der Waals surface area contributed by atoms with Gasteiger partial charge in [-0.1, -0.05) is 57.5 Å². The molecule has 16 heavy (non-hydrogen) atoms. The summed E-state index contributed by atoms with van der Waals surface area (Å²) in [6, 6.07) is 11.5. The maximum atomic E-state index is 3.60. The second-order valence-electron chi connectivity index (χ2n) is 4.62. The zero-order chi connectivity index (χ0) is 11.8. The van der Waals surface area contributed by atoms with Crippen molar-refractivity contribution in [1.29, 1.82) is 0 Å². The van der Waals surface area contributed by atoms with Crippen molar-refractivity contribution in [3.8, 4) is 0 Å². The maximum absolute atomic E-state index is 3.60. The van der Waals surface area contributed by atoms with E-state index in [4.69, 9.17) is 0 Å². The molecule has 0 radical (unpaired) electrons. The Kier molecular flexibility index (Phi) is 6.17. The standard InChI is InChI=1S/C15H25N/c1-4-9-15(16-5-2)13(3)12-14-10-7-6-8-11-14/h6-8,10-11,13,15-16H,4-5,9,12H2,1-3H3. The third kappa shape index (κ3) is 4.36. The highest BCUT2D eigenvalue weighted by Crippen LogP contribution is 2.15. The topological polar surface area (TPSA) is 12.0 Å². The van der Waals surface area contributed by atoms with E-state index in [-0.39, 0.29) is 0 Å². The van der Waals surface area contributed by atoms with Gasteiger partial charge in [-0.3, -0.25) is 0 Å². The van der Waals surface area contributed by atoms with Gasteiger partial charge in [-0.25, -0.2) is 0 Å². The van der Waals surface area contributed by atoms with Gasteiger partial charge in [0.1, 0.15) is 0 Å². The summed E-state index contributed by atoms with van der Waals surface area (Å²) in [6.07, 6.45) is 3.72. The third-order valence-corrected chi connectivity index (χ3v) is 3.15. The molecule has 1 heteroatoms. The van der Waals surface area contributed by atoms with E-state index in [9.17, 15) is 0 Å². The van der Waals surface area contributed by atoms with Crippen molar-refractivity contribution < 1.29 is 0 Å². The van der Waals surface area contributed by atoms with Crippen LogP contribution in [0.2, 0.25) is 0 Å². The van der Waals surface area contributed by atoms with Crippen LogP contribution in [-0.2, 0) is 6.42 Å². The van der Waals surface area contributed by atoms with Crippen LogP contribution in [0.25, 0.3) is 0 Å². The van der Waals surface area contributed by atoms with Gasteiger partial charge in [-0.05, 0) is 30.9 Å². The summed E-state index contributed by atoms with van der Waals surface area (Å²) >= 11 is 0. The molecule has 2 atom stereocenters. The number of rotatable bonds is 7. The van der Waals surface area contributed by atoms with Gasteiger partial charge < -0.3 is 5.32 Å². The SMILES string of the molecule is CCCC(NCC)C(C)Cc1ccccc1. The van der Waals surface area contributed by atoms with Gasteiger partial charge >= 0.3 is 0 Å². The summed E-state index contributed by atoms with van der Waals surface area (Å²) in [4.78, 5) is 0. The number of benzene rings is 1. The van der Waals surface area contributed by atoms with Crippen LogP contribution in [0.4, 0.5) is 0 Å². The van der Waals surface area contributed by atoms with Crippen molar-refractivity contribution >= 4 is 0 Å². The Morgan fingerprint density at radius 3 is 2.38 bits per heavy atom. The van der Waals surface area contributed by atoms with Crippen molar-refractivity contribution in [2.75, 3.05) is 6.54 Å². The van der Waals surface area contributed by atoms with Crippen molar-refractivity contribution in [3.05, 3.63) is 35.9 Å². The molecular formula is C15H25N. The van der Waals surface area contributed by atoms with Gasteiger partial charge in [-0.2, -0.15) is 0 Å². The van der Waals surface area contributed by atoms with Gasteiger partial charge in [0.25, 0.3) is 0 Å². The van der Waals surface area contributed by atoms with Crippen LogP contribution in [0, 0.1) is 5.92 Å². The molecule has 0 saturated carbocycles. The lowest BCUT2D eigenvalue weighted by Crippen LogP contribution is -2.35. The predicted octanol–water partition coefficient (Wildman–Crippen LogP) is 3.64. The van der Waals surface area contributed by atoms with E-state index in [0.717, 1.165) is 6.54 Å². The van der Waals surface area contributed by atoms with Crippen LogP contribution >= 0.6 is 0 Å². The molecule has 0 aromatic heterocycles. The minimum atomic E-state index is 0.662. The fourth-order valence-electron chi connectivity index (χ4n) is 2.29. The predicted molar refractivity (Wildman–Crippen MR) is 71.7 cm³/mol. The van der Waals surface area contributed by atoms with Gasteiger partial charge in [0, 0.05) is 6.04 Å². The summed E-state index contributed by atoms with van der Waals surface area (Å²) in [5.41, 5.74) is 1.45. The summed E-state index contributed by atoms with van der Waals surface area (Å²) in [5.74, 6) is 0.710. The van der Waals surface area contributed by atoms with Crippen molar-refractivity contribution in [3.63, 3.8) is 0 Å². The van der Waals surface area contributed by atoms with Crippen molar-refractivity contribution in [1.82, 2.24) is 5.32 Å². The lowest BCUT2D eigenvalue weighted by atomic mass is 9.91. The molecule has 1 rings (SSSR count). The van der Waals surface area contributed by atoms with Crippen molar-refractivity contribution in [2.45, 2.75) is 46.1 Å². The molecule has 0 spiro atoms. The quantitative estimate of drug-likeness (QED) is 0.738. The highest BCUT2D eigenvalue weighted by Gasteiger charge is 2.15. The Labute approximate surface area is 100 Å². The Balaban J connectivity index is 2.51. The fraction of sp³-hybridized carbons (Fsp3) is 0.600. The molecule has 0 heterocycles. The van der Waals surface area contributed by atoms with Gasteiger partial charge in [-0.15, -0.1) is 0 Å². The number of hydrogen-bond donors (Lipinski definition) is 1. The van der Waals surface area contributed by atoms with E-state index in [2.05, 4.69) is 56.4 Å². The summed E-state index contributed by atoms with van der Waals surface area (Å²) < 4.78 is 0. The molecule has 90 valence electrons. The Morgan fingerprint density at radius 2 is 1.81 bits per heavy atom. The Bertz CT molecular complexity index is 262. The number of hydrogen-bond acceptors (Lipinski definition) is 1. The molecule has 0 aliphatic carbocycles. The van der Waals surface area contributed by atoms with E-state index in [1.807, 2.05) is 0 Å². The zero-order valence-electron chi connectivity index (χ0n) is 10.9. The molecule has 2 unspecified atom stereocenters. The summed E-state index contributed by atoms with van der Waals surface area (Å²) in [7, 11) is 0. The molecule has 1 aromatic rings. The van der Waals surface area contributed by atoms with Gasteiger partial charge in [0.2, 0.25) is 0 Å². The van der Waals surface area contributed by atoms with Crippen LogP contribution in [0.1, 0.15) is 39.2 Å². The second kappa shape index (κ2) is 7.45. The average Bonchev–Trinajstić information content (AvgIpc) is 2.30. The molecule has 1 aromatic carbocycles. The van der Waals surface area contributed by atoms with Crippen molar-refractivity contribution in [2.24, 2.45) is 5.92 Å². The Morgan fingerprint density at radius 1 is 1.12 bits per heavy atom. The van der Waals surface area contributed by atoms with E-state index in [1.54, 1.807) is 0 Å². The molecule has 0 aliphatic rings. The first-order valence-corrected chi connectivity index (χ1v) is 6.55. The first-order chi connectivity index (χ1) is 7.77. The minimum Gasteiger partial charge on any atom is -0.314 e. The van der Waals surface area contributed by atoms with Gasteiger partial charge in [0.15, 0.2) is 0 Å². The molecule has 0 saturated heterocycles.